The highest BCUT2D eigenvalue weighted by Gasteiger charge is 2.73. The van der Waals surface area contributed by atoms with Crippen LogP contribution in [0.2, 0.25) is 0 Å². The van der Waals surface area contributed by atoms with Gasteiger partial charge in [0, 0.05) is 11.8 Å². The van der Waals surface area contributed by atoms with Gasteiger partial charge >= 0.3 is 18.0 Å². The first-order chi connectivity index (χ1) is 13.4. The number of halogens is 8. The first kappa shape index (κ1) is 19.3. The number of hydrogen-bond donors (Lipinski definition) is 0. The molecule has 29 heavy (non-hydrogen) atoms. The molecule has 0 aromatic carbocycles. The van der Waals surface area contributed by atoms with E-state index in [2.05, 4.69) is 25.0 Å². The maximum Gasteiger partial charge on any atom is 0.453 e. The summed E-state index contributed by atoms with van der Waals surface area (Å²) in [4.78, 5) is 3.45. The average Bonchev–Trinajstić information content (AvgIpc) is 3.06. The van der Waals surface area contributed by atoms with Crippen molar-refractivity contribution in [2.24, 2.45) is 0 Å². The van der Waals surface area contributed by atoms with Crippen LogP contribution in [0.1, 0.15) is 12.2 Å². The lowest BCUT2D eigenvalue weighted by Crippen LogP contribution is -2.64. The molecule has 1 atom stereocenters. The molecule has 3 heterocycles. The number of aromatic nitrogens is 5. The fraction of sp³-hybridized carbons (Fsp3) is 0.333. The van der Waals surface area contributed by atoms with Crippen molar-refractivity contribution in [3.05, 3.63) is 36.0 Å². The molecule has 6 nitrogen and oxygen atoms in total. The van der Waals surface area contributed by atoms with Crippen molar-refractivity contribution in [1.82, 2.24) is 24.8 Å². The van der Waals surface area contributed by atoms with E-state index in [1.165, 1.54) is 6.07 Å². The zero-order valence-corrected chi connectivity index (χ0v) is 13.8. The average molecular weight is 425 g/mol. The quantitative estimate of drug-likeness (QED) is 0.598. The van der Waals surface area contributed by atoms with Gasteiger partial charge in [-0.3, -0.25) is 0 Å². The third-order valence-corrected chi connectivity index (χ3v) is 4.21. The predicted octanol–water partition coefficient (Wildman–Crippen LogP) is 3.77. The zero-order chi connectivity index (χ0) is 21.2. The van der Waals surface area contributed by atoms with Crippen LogP contribution in [0.25, 0.3) is 16.9 Å². The molecule has 0 unspecified atom stereocenters. The van der Waals surface area contributed by atoms with E-state index in [1.807, 2.05) is 0 Å². The molecule has 154 valence electrons. The van der Waals surface area contributed by atoms with E-state index in [0.717, 1.165) is 12.3 Å². The molecule has 0 aliphatic heterocycles. The van der Waals surface area contributed by atoms with Crippen LogP contribution in [-0.2, 0) is 6.18 Å². The van der Waals surface area contributed by atoms with Gasteiger partial charge in [-0.15, -0.1) is 10.2 Å². The predicted molar refractivity (Wildman–Crippen MR) is 77.9 cm³/mol. The summed E-state index contributed by atoms with van der Waals surface area (Å²) >= 11 is 0. The number of rotatable bonds is 3. The van der Waals surface area contributed by atoms with Crippen LogP contribution in [0.4, 0.5) is 35.1 Å². The second-order valence-corrected chi connectivity index (χ2v) is 6.16. The van der Waals surface area contributed by atoms with Crippen molar-refractivity contribution < 1.29 is 39.9 Å². The van der Waals surface area contributed by atoms with E-state index in [0.29, 0.717) is 10.6 Å². The molecule has 0 saturated heterocycles. The van der Waals surface area contributed by atoms with Gasteiger partial charge < -0.3 is 4.74 Å². The van der Waals surface area contributed by atoms with Gasteiger partial charge in [0.25, 0.3) is 11.7 Å². The Bertz CT molecular complexity index is 1100. The molecule has 4 rings (SSSR count). The Kier molecular flexibility index (Phi) is 3.96. The molecule has 3 aromatic heterocycles. The number of ether oxygens (including phenoxy) is 1. The van der Waals surface area contributed by atoms with E-state index in [-0.39, 0.29) is 16.9 Å². The minimum absolute atomic E-state index is 0.121. The molecular formula is C15H7F8N5O. The van der Waals surface area contributed by atoms with E-state index < -0.39 is 48.1 Å². The fourth-order valence-corrected chi connectivity index (χ4v) is 2.62. The second kappa shape index (κ2) is 5.97. The van der Waals surface area contributed by atoms with E-state index in [1.54, 1.807) is 0 Å². The molecule has 0 amide bonds. The molecule has 14 heteroatoms. The summed E-state index contributed by atoms with van der Waals surface area (Å²) in [5.41, 5.74) is -0.506. The van der Waals surface area contributed by atoms with Crippen molar-refractivity contribution in [1.29, 1.82) is 0 Å². The Morgan fingerprint density at radius 3 is 2.41 bits per heavy atom. The van der Waals surface area contributed by atoms with Crippen molar-refractivity contribution in [3.63, 3.8) is 0 Å². The topological polar surface area (TPSA) is 65.2 Å². The van der Waals surface area contributed by atoms with Crippen molar-refractivity contribution in [3.8, 4) is 17.1 Å². The minimum atomic E-state index is -4.84. The summed E-state index contributed by atoms with van der Waals surface area (Å²) in [6.45, 7) is 0. The molecule has 0 N–H and O–H groups in total. The number of hydrogen-bond acceptors (Lipinski definition) is 5. The summed E-state index contributed by atoms with van der Waals surface area (Å²) in [6.07, 6.45) is -7.53. The van der Waals surface area contributed by atoms with Gasteiger partial charge in [-0.1, -0.05) is 0 Å². The Morgan fingerprint density at radius 1 is 1.10 bits per heavy atom. The maximum atomic E-state index is 14.2. The SMILES string of the molecule is Fc1cc(-c2ccc3nnc(C(F)(F)F)n3n2)cnc1O[C@H]1CC(F)(F)C1(F)F. The van der Waals surface area contributed by atoms with Gasteiger partial charge in [-0.25, -0.2) is 9.37 Å². The summed E-state index contributed by atoms with van der Waals surface area (Å²) in [5, 5.41) is 9.98. The van der Waals surface area contributed by atoms with Crippen LogP contribution in [-0.4, -0.2) is 42.7 Å². The van der Waals surface area contributed by atoms with Gasteiger partial charge in [0.05, 0.1) is 12.1 Å². The highest BCUT2D eigenvalue weighted by atomic mass is 19.4. The zero-order valence-electron chi connectivity index (χ0n) is 13.8. The second-order valence-electron chi connectivity index (χ2n) is 6.16. The Morgan fingerprint density at radius 2 is 1.83 bits per heavy atom. The van der Waals surface area contributed by atoms with Crippen LogP contribution in [0.5, 0.6) is 5.88 Å². The third kappa shape index (κ3) is 3.02. The Hall–Kier alpha value is -3.06. The third-order valence-electron chi connectivity index (χ3n) is 4.21. The lowest BCUT2D eigenvalue weighted by molar-refractivity contribution is -0.324. The highest BCUT2D eigenvalue weighted by molar-refractivity contribution is 5.59. The van der Waals surface area contributed by atoms with Crippen LogP contribution < -0.4 is 4.74 Å². The summed E-state index contributed by atoms with van der Waals surface area (Å²) in [7, 11) is 0. The maximum absolute atomic E-state index is 14.2. The molecular weight excluding hydrogens is 418 g/mol. The number of fused-ring (bicyclic) bond motifs is 1. The highest BCUT2D eigenvalue weighted by Crippen LogP contribution is 2.52. The van der Waals surface area contributed by atoms with Gasteiger partial charge in [0.2, 0.25) is 0 Å². The molecule has 3 aromatic rings. The lowest BCUT2D eigenvalue weighted by Gasteiger charge is -2.42. The fourth-order valence-electron chi connectivity index (χ4n) is 2.62. The molecule has 0 spiro atoms. The van der Waals surface area contributed by atoms with Crippen LogP contribution >= 0.6 is 0 Å². The van der Waals surface area contributed by atoms with E-state index in [4.69, 9.17) is 0 Å². The first-order valence-corrected chi connectivity index (χ1v) is 7.78. The number of pyridine rings is 1. The monoisotopic (exact) mass is 425 g/mol. The van der Waals surface area contributed by atoms with Gasteiger partial charge in [-0.05, 0) is 18.2 Å². The molecule has 0 radical (unpaired) electrons. The standard InChI is InChI=1S/C15H7F8N5O/c16-7-3-6(5-24-11(7)29-9-4-13(17,18)14(9,19)20)8-1-2-10-25-26-12(15(21,22)23)28(10)27-8/h1-3,5,9H,4H2/t9-/m0/s1. The smallest absolute Gasteiger partial charge is 0.453 e. The number of nitrogens with zero attached hydrogens (tertiary/aromatic N) is 5. The largest absolute Gasteiger partial charge is 0.465 e. The van der Waals surface area contributed by atoms with Crippen LogP contribution in [0, 0.1) is 5.82 Å². The lowest BCUT2D eigenvalue weighted by atomic mass is 9.85. The van der Waals surface area contributed by atoms with Crippen LogP contribution in [0.15, 0.2) is 24.4 Å². The molecule has 0 bridgehead atoms. The molecule has 1 saturated carbocycles. The van der Waals surface area contributed by atoms with Crippen molar-refractivity contribution >= 4 is 5.65 Å². The van der Waals surface area contributed by atoms with Crippen LogP contribution in [0.3, 0.4) is 0 Å². The van der Waals surface area contributed by atoms with Crippen molar-refractivity contribution in [2.75, 3.05) is 0 Å². The van der Waals surface area contributed by atoms with E-state index in [9.17, 15) is 35.1 Å². The number of alkyl halides is 7. The Labute approximate surface area is 155 Å². The first-order valence-electron chi connectivity index (χ1n) is 7.78. The normalized spacial score (nSPS) is 20.5. The van der Waals surface area contributed by atoms with Gasteiger partial charge in [-0.2, -0.15) is 40.3 Å². The van der Waals surface area contributed by atoms with E-state index >= 15 is 0 Å². The summed E-state index contributed by atoms with van der Waals surface area (Å²) < 4.78 is 110. The van der Waals surface area contributed by atoms with Crippen molar-refractivity contribution in [2.45, 2.75) is 30.5 Å². The summed E-state index contributed by atoms with van der Waals surface area (Å²) in [6, 6.07) is 3.06. The molecule has 1 fully saturated rings. The molecule has 1 aliphatic rings. The minimum Gasteiger partial charge on any atom is -0.465 e. The Balaban J connectivity index is 1.63. The van der Waals surface area contributed by atoms with Gasteiger partial charge in [0.1, 0.15) is 0 Å². The molecule has 1 aliphatic carbocycles. The van der Waals surface area contributed by atoms with Gasteiger partial charge in [0.15, 0.2) is 17.6 Å². The summed E-state index contributed by atoms with van der Waals surface area (Å²) in [5.74, 6) is -12.4.